The lowest BCUT2D eigenvalue weighted by atomic mass is 9.90. The molecule has 528 valence electrons. The van der Waals surface area contributed by atoms with E-state index in [4.69, 9.17) is 29.9 Å². The van der Waals surface area contributed by atoms with Crippen LogP contribution in [-0.4, -0.2) is 39.0 Å². The SMILES string of the molecule is c1ccc(-c2nc(-c3ccccc3)nc(-c3cc(-n4c5cccc6c5c5c7c(ccc(-c8ccccc8)c7ccc54)-c4ccccc4-6)c4ccccc4c3)n2)cc1.c1ccc(-c2nc(-c3ccccc3)nc(-c3ccc(-n4c5cccc6c5c5c7c(ccc(-c8ccccc8)c7ccc54)-c4ccccc4-6)c4ccccc34)n2)cc1. The fourth-order valence-electron chi connectivity index (χ4n) is 18.2. The van der Waals surface area contributed by atoms with Crippen LogP contribution in [0.4, 0.5) is 0 Å². The van der Waals surface area contributed by atoms with Crippen molar-refractivity contribution in [3.8, 4) is 146 Å². The Kier molecular flexibility index (Phi) is 14.8. The Hall–Kier alpha value is -15.4. The molecule has 2 aliphatic carbocycles. The van der Waals surface area contributed by atoms with E-state index in [1.807, 2.05) is 72.8 Å². The van der Waals surface area contributed by atoms with Crippen LogP contribution in [0.15, 0.2) is 388 Å². The van der Waals surface area contributed by atoms with Gasteiger partial charge in [-0.2, -0.15) is 0 Å². The maximum Gasteiger partial charge on any atom is 0.164 e. The Bertz CT molecular complexity index is 7570. The zero-order valence-electron chi connectivity index (χ0n) is 61.5. The van der Waals surface area contributed by atoms with E-state index in [-0.39, 0.29) is 0 Å². The van der Waals surface area contributed by atoms with Gasteiger partial charge in [-0.05, 0) is 137 Å². The van der Waals surface area contributed by atoms with Crippen molar-refractivity contribution in [2.45, 2.75) is 0 Å². The number of fused-ring (bicyclic) bond motifs is 8. The second kappa shape index (κ2) is 26.2. The molecule has 0 atom stereocenters. The standard InChI is InChI=1S/2C53H32N4/c1-4-15-33(16-5-1)36-27-28-43-38-22-11-10-21-37(38)41-25-14-26-46-49(41)50-47(32-29-42(36)48(43)50)57(46)45-31-30-44(39-23-12-13-24-40(39)45)53-55-51(34-17-6-2-7-18-34)54-52(56-53)35-19-8-3-9-20-35;1-4-15-33(16-5-1)38-27-28-44-41-24-13-12-23-40(41)42-25-14-26-45-49(42)50-46(30-29-43(38)48(44)50)57(45)47-32-37(31-36-21-10-11-22-39(36)47)53-55-51(34-17-6-2-7-18-34)54-52(56-53)35-19-8-3-9-20-35/h2*1-32H. The van der Waals surface area contributed by atoms with Crippen LogP contribution in [0.3, 0.4) is 0 Å². The highest BCUT2D eigenvalue weighted by molar-refractivity contribution is 6.34. The first-order chi connectivity index (χ1) is 56.6. The molecule has 22 aromatic rings. The van der Waals surface area contributed by atoms with Crippen molar-refractivity contribution in [1.29, 1.82) is 0 Å². The highest BCUT2D eigenvalue weighted by Crippen LogP contribution is 2.55. The Labute approximate surface area is 656 Å². The molecule has 0 saturated heterocycles. The molecule has 0 N–H and O–H groups in total. The third-order valence-corrected chi connectivity index (χ3v) is 23.2. The van der Waals surface area contributed by atoms with Crippen molar-refractivity contribution in [2.24, 2.45) is 0 Å². The van der Waals surface area contributed by atoms with Crippen molar-refractivity contribution >= 4 is 86.7 Å². The van der Waals surface area contributed by atoms with Crippen LogP contribution in [0, 0.1) is 0 Å². The van der Waals surface area contributed by atoms with E-state index >= 15 is 0 Å². The Morgan fingerprint density at radius 2 is 0.465 bits per heavy atom. The first-order valence-electron chi connectivity index (χ1n) is 38.7. The molecule has 0 aliphatic heterocycles. The van der Waals surface area contributed by atoms with Crippen molar-refractivity contribution < 1.29 is 0 Å². The quantitative estimate of drug-likeness (QED) is 0.136. The van der Waals surface area contributed by atoms with Crippen molar-refractivity contribution in [3.05, 3.63) is 388 Å². The van der Waals surface area contributed by atoms with Crippen LogP contribution in [0.1, 0.15) is 0 Å². The van der Waals surface area contributed by atoms with E-state index in [1.165, 1.54) is 121 Å². The van der Waals surface area contributed by atoms with E-state index in [0.29, 0.717) is 34.9 Å². The maximum atomic E-state index is 5.16. The molecule has 4 heterocycles. The van der Waals surface area contributed by atoms with Gasteiger partial charge in [-0.3, -0.25) is 0 Å². The molecule has 0 fully saturated rings. The molecule has 0 amide bonds. The normalized spacial score (nSPS) is 11.9. The van der Waals surface area contributed by atoms with Gasteiger partial charge in [0.05, 0.1) is 33.4 Å². The van der Waals surface area contributed by atoms with Gasteiger partial charge in [-0.1, -0.05) is 340 Å². The molecule has 0 spiro atoms. The smallest absolute Gasteiger partial charge is 0.164 e. The van der Waals surface area contributed by atoms with Crippen molar-refractivity contribution in [1.82, 2.24) is 39.0 Å². The number of rotatable bonds is 10. The summed E-state index contributed by atoms with van der Waals surface area (Å²) in [5.74, 6) is 3.86. The van der Waals surface area contributed by atoms with Crippen LogP contribution >= 0.6 is 0 Å². The molecule has 18 aromatic carbocycles. The first-order valence-corrected chi connectivity index (χ1v) is 38.7. The molecule has 8 heteroatoms. The predicted octanol–water partition coefficient (Wildman–Crippen LogP) is 27.2. The summed E-state index contributed by atoms with van der Waals surface area (Å²) >= 11 is 0. The van der Waals surface area contributed by atoms with Crippen LogP contribution in [-0.2, 0) is 0 Å². The minimum atomic E-state index is 0.631. The van der Waals surface area contributed by atoms with E-state index in [2.05, 4.69) is 325 Å². The van der Waals surface area contributed by atoms with Gasteiger partial charge in [0.2, 0.25) is 0 Å². The second-order valence-corrected chi connectivity index (χ2v) is 29.5. The molecule has 4 aromatic heterocycles. The minimum Gasteiger partial charge on any atom is -0.309 e. The fraction of sp³-hybridized carbons (Fsp3) is 0. The summed E-state index contributed by atoms with van der Waals surface area (Å²) in [6, 6.07) is 138. The molecule has 24 rings (SSSR count). The molecule has 0 unspecified atom stereocenters. The number of hydrogen-bond acceptors (Lipinski definition) is 6. The van der Waals surface area contributed by atoms with E-state index in [0.717, 1.165) is 77.3 Å². The van der Waals surface area contributed by atoms with Gasteiger partial charge in [0.15, 0.2) is 34.9 Å². The average molecular weight is 1450 g/mol. The van der Waals surface area contributed by atoms with Gasteiger partial charge in [0.25, 0.3) is 0 Å². The zero-order chi connectivity index (χ0) is 74.9. The first kappa shape index (κ1) is 64.6. The largest absolute Gasteiger partial charge is 0.309 e. The fourth-order valence-corrected chi connectivity index (χ4v) is 18.2. The summed E-state index contributed by atoms with van der Waals surface area (Å²) < 4.78 is 4.95. The van der Waals surface area contributed by atoms with Gasteiger partial charge in [0.1, 0.15) is 0 Å². The molecular weight excluding hydrogens is 1390 g/mol. The summed E-state index contributed by atoms with van der Waals surface area (Å²) in [5, 5.41) is 14.7. The molecule has 2 aliphatic rings. The lowest BCUT2D eigenvalue weighted by Gasteiger charge is -2.17. The second-order valence-electron chi connectivity index (χ2n) is 29.5. The van der Waals surface area contributed by atoms with Gasteiger partial charge >= 0.3 is 0 Å². The third kappa shape index (κ3) is 10.2. The topological polar surface area (TPSA) is 87.2 Å². The summed E-state index contributed by atoms with van der Waals surface area (Å²) in [7, 11) is 0. The Morgan fingerprint density at radius 1 is 0.149 bits per heavy atom. The van der Waals surface area contributed by atoms with Crippen LogP contribution < -0.4 is 0 Å². The van der Waals surface area contributed by atoms with E-state index in [1.54, 1.807) is 0 Å². The summed E-state index contributed by atoms with van der Waals surface area (Å²) in [5.41, 5.74) is 27.5. The lowest BCUT2D eigenvalue weighted by molar-refractivity contribution is 1.07. The third-order valence-electron chi connectivity index (χ3n) is 23.2. The number of aromatic nitrogens is 8. The zero-order valence-corrected chi connectivity index (χ0v) is 61.5. The average Bonchev–Trinajstić information content (AvgIpc) is 1.54. The molecular formula is C106H64N8. The summed E-state index contributed by atoms with van der Waals surface area (Å²) in [6.45, 7) is 0. The lowest BCUT2D eigenvalue weighted by Crippen LogP contribution is -2.02. The van der Waals surface area contributed by atoms with E-state index in [9.17, 15) is 0 Å². The maximum absolute atomic E-state index is 5.16. The van der Waals surface area contributed by atoms with Gasteiger partial charge < -0.3 is 9.13 Å². The summed E-state index contributed by atoms with van der Waals surface area (Å²) in [6.07, 6.45) is 0. The predicted molar refractivity (Wildman–Crippen MR) is 471 cm³/mol. The summed E-state index contributed by atoms with van der Waals surface area (Å²) in [4.78, 5) is 30.5. The monoisotopic (exact) mass is 1450 g/mol. The highest BCUT2D eigenvalue weighted by atomic mass is 15.1. The van der Waals surface area contributed by atoms with Crippen LogP contribution in [0.5, 0.6) is 0 Å². The minimum absolute atomic E-state index is 0.631. The van der Waals surface area contributed by atoms with Crippen LogP contribution in [0.25, 0.3) is 233 Å². The molecule has 0 bridgehead atoms. The number of hydrogen-bond donors (Lipinski definition) is 0. The molecule has 0 radical (unpaired) electrons. The van der Waals surface area contributed by atoms with Gasteiger partial charge in [-0.25, -0.2) is 29.9 Å². The van der Waals surface area contributed by atoms with Crippen LogP contribution in [0.2, 0.25) is 0 Å². The Balaban J connectivity index is 0.000000135. The highest BCUT2D eigenvalue weighted by Gasteiger charge is 2.30. The number of nitrogens with zero attached hydrogens (tertiary/aromatic N) is 8. The molecule has 114 heavy (non-hydrogen) atoms. The molecule has 0 saturated carbocycles. The Morgan fingerprint density at radius 3 is 0.904 bits per heavy atom. The van der Waals surface area contributed by atoms with Gasteiger partial charge in [0, 0.05) is 76.5 Å². The molecule has 8 nitrogen and oxygen atoms in total. The number of benzene rings is 18. The van der Waals surface area contributed by atoms with Gasteiger partial charge in [-0.15, -0.1) is 0 Å². The van der Waals surface area contributed by atoms with E-state index < -0.39 is 0 Å². The van der Waals surface area contributed by atoms with Crippen molar-refractivity contribution in [3.63, 3.8) is 0 Å². The van der Waals surface area contributed by atoms with Crippen molar-refractivity contribution in [2.75, 3.05) is 0 Å².